The van der Waals surface area contributed by atoms with E-state index in [4.69, 9.17) is 9.47 Å². The molecular weight excluding hydrogens is 325 g/mol. The minimum atomic E-state index is -0.315. The van der Waals surface area contributed by atoms with Crippen molar-refractivity contribution in [3.05, 3.63) is 46.0 Å². The van der Waals surface area contributed by atoms with Crippen LogP contribution in [0.25, 0.3) is 0 Å². The third-order valence-electron chi connectivity index (χ3n) is 4.89. The first-order valence-corrected chi connectivity index (χ1v) is 8.47. The number of aryl methyl sites for hydroxylation is 1. The molecule has 4 rings (SSSR count). The Kier molecular flexibility index (Phi) is 3.95. The summed E-state index contributed by atoms with van der Waals surface area (Å²) in [5.41, 5.74) is 3.55. The quantitative estimate of drug-likeness (QED) is 0.929. The van der Waals surface area contributed by atoms with E-state index >= 15 is 0 Å². The molecule has 2 aliphatic rings. The molecule has 0 bridgehead atoms. The van der Waals surface area contributed by atoms with Gasteiger partial charge in [-0.3, -0.25) is 9.89 Å². The van der Waals surface area contributed by atoms with E-state index in [1.165, 1.54) is 12.1 Å². The first kappa shape index (κ1) is 16.1. The van der Waals surface area contributed by atoms with Crippen LogP contribution < -0.4 is 4.74 Å². The Balaban J connectivity index is 1.72. The molecule has 0 radical (unpaired) electrons. The largest absolute Gasteiger partial charge is 0.493 e. The second-order valence-electron chi connectivity index (χ2n) is 6.41. The summed E-state index contributed by atoms with van der Waals surface area (Å²) < 4.78 is 25.1. The normalized spacial score (nSPS) is 18.4. The number of hydrogen-bond acceptors (Lipinski definition) is 4. The molecule has 132 valence electrons. The van der Waals surface area contributed by atoms with Gasteiger partial charge in [-0.1, -0.05) is 0 Å². The highest BCUT2D eigenvalue weighted by atomic mass is 19.1. The van der Waals surface area contributed by atoms with Crippen molar-refractivity contribution >= 4 is 5.91 Å². The molecule has 0 saturated heterocycles. The zero-order valence-corrected chi connectivity index (χ0v) is 14.3. The Labute approximate surface area is 144 Å². The number of amides is 1. The Hall–Kier alpha value is -2.41. The molecule has 1 atom stereocenters. The maximum absolute atomic E-state index is 14.0. The summed E-state index contributed by atoms with van der Waals surface area (Å²) in [6.45, 7) is 5.58. The molecule has 1 N–H and O–H groups in total. The van der Waals surface area contributed by atoms with Crippen molar-refractivity contribution in [2.75, 3.05) is 13.2 Å². The van der Waals surface area contributed by atoms with Gasteiger partial charge in [-0.15, -0.1) is 0 Å². The lowest BCUT2D eigenvalue weighted by Gasteiger charge is -2.35. The van der Waals surface area contributed by atoms with Gasteiger partial charge in [-0.25, -0.2) is 4.39 Å². The van der Waals surface area contributed by atoms with Crippen LogP contribution in [0, 0.1) is 12.7 Å². The molecule has 1 aromatic heterocycles. The predicted molar refractivity (Wildman–Crippen MR) is 87.8 cm³/mol. The fourth-order valence-corrected chi connectivity index (χ4v) is 3.70. The van der Waals surface area contributed by atoms with Gasteiger partial charge in [0.1, 0.15) is 11.6 Å². The molecular formula is C18H20FN3O3. The third-order valence-corrected chi connectivity index (χ3v) is 4.89. The highest BCUT2D eigenvalue weighted by molar-refractivity contribution is 5.94. The first-order valence-electron chi connectivity index (χ1n) is 8.47. The minimum Gasteiger partial charge on any atom is -0.493 e. The predicted octanol–water partition coefficient (Wildman–Crippen LogP) is 2.87. The van der Waals surface area contributed by atoms with Crippen LogP contribution in [0.5, 0.6) is 5.75 Å². The van der Waals surface area contributed by atoms with Gasteiger partial charge in [-0.2, -0.15) is 5.10 Å². The van der Waals surface area contributed by atoms with Gasteiger partial charge in [0.15, 0.2) is 5.69 Å². The number of halogens is 1. The standard InChI is InChI=1S/C18H20FN3O3/c1-3-22(18(23)16-13-8-24-9-14(13)20-21-16)15-4-5-25-17-10(2)6-11(19)7-12(15)17/h6-7,15H,3-5,8-9H2,1-2H3,(H,20,21). The Morgan fingerprint density at radius 2 is 2.28 bits per heavy atom. The summed E-state index contributed by atoms with van der Waals surface area (Å²) in [6.07, 6.45) is 0.624. The molecule has 25 heavy (non-hydrogen) atoms. The monoisotopic (exact) mass is 345 g/mol. The van der Waals surface area contributed by atoms with E-state index in [0.717, 1.165) is 22.4 Å². The molecule has 2 aliphatic heterocycles. The molecule has 1 amide bonds. The number of nitrogens with zero attached hydrogens (tertiary/aromatic N) is 2. The molecule has 2 aromatic rings. The number of hydrogen-bond donors (Lipinski definition) is 1. The molecule has 0 spiro atoms. The van der Waals surface area contributed by atoms with Crippen molar-refractivity contribution in [1.82, 2.24) is 15.1 Å². The summed E-state index contributed by atoms with van der Waals surface area (Å²) in [5, 5.41) is 7.07. The Morgan fingerprint density at radius 1 is 1.44 bits per heavy atom. The number of rotatable bonds is 3. The van der Waals surface area contributed by atoms with Crippen LogP contribution >= 0.6 is 0 Å². The summed E-state index contributed by atoms with van der Waals surface area (Å²) >= 11 is 0. The van der Waals surface area contributed by atoms with Crippen molar-refractivity contribution in [2.24, 2.45) is 0 Å². The number of fused-ring (bicyclic) bond motifs is 2. The zero-order valence-electron chi connectivity index (χ0n) is 14.3. The van der Waals surface area contributed by atoms with Gasteiger partial charge in [-0.05, 0) is 31.5 Å². The minimum absolute atomic E-state index is 0.162. The molecule has 6 nitrogen and oxygen atoms in total. The van der Waals surface area contributed by atoms with Crippen LogP contribution in [0.15, 0.2) is 12.1 Å². The van der Waals surface area contributed by atoms with E-state index in [2.05, 4.69) is 10.2 Å². The number of H-pyrrole nitrogens is 1. The first-order chi connectivity index (χ1) is 12.1. The maximum Gasteiger partial charge on any atom is 0.275 e. The van der Waals surface area contributed by atoms with Crippen LogP contribution in [0.3, 0.4) is 0 Å². The van der Waals surface area contributed by atoms with Crippen LogP contribution in [-0.2, 0) is 18.0 Å². The van der Waals surface area contributed by atoms with E-state index in [9.17, 15) is 9.18 Å². The van der Waals surface area contributed by atoms with Crippen LogP contribution in [0.4, 0.5) is 4.39 Å². The number of nitrogens with one attached hydrogen (secondary N) is 1. The number of benzene rings is 1. The molecule has 0 fully saturated rings. The van der Waals surface area contributed by atoms with E-state index in [0.29, 0.717) is 44.2 Å². The summed E-state index contributed by atoms with van der Waals surface area (Å²) in [4.78, 5) is 14.9. The average Bonchev–Trinajstić information content (AvgIpc) is 3.19. The Morgan fingerprint density at radius 3 is 3.08 bits per heavy atom. The molecule has 0 saturated carbocycles. The second-order valence-corrected chi connectivity index (χ2v) is 6.41. The molecule has 3 heterocycles. The lowest BCUT2D eigenvalue weighted by molar-refractivity contribution is 0.0624. The van der Waals surface area contributed by atoms with Crippen molar-refractivity contribution in [2.45, 2.75) is 39.5 Å². The zero-order chi connectivity index (χ0) is 17.6. The van der Waals surface area contributed by atoms with Gasteiger partial charge in [0.05, 0.1) is 31.6 Å². The van der Waals surface area contributed by atoms with E-state index in [1.54, 1.807) is 4.90 Å². The average molecular weight is 345 g/mol. The number of ether oxygens (including phenoxy) is 2. The van der Waals surface area contributed by atoms with Crippen molar-refractivity contribution in [3.8, 4) is 5.75 Å². The fraction of sp³-hybridized carbons (Fsp3) is 0.444. The lowest BCUT2D eigenvalue weighted by Crippen LogP contribution is -2.38. The lowest BCUT2D eigenvalue weighted by atomic mass is 9.95. The fourth-order valence-electron chi connectivity index (χ4n) is 3.70. The van der Waals surface area contributed by atoms with E-state index < -0.39 is 0 Å². The summed E-state index contributed by atoms with van der Waals surface area (Å²) in [7, 11) is 0. The van der Waals surface area contributed by atoms with Crippen LogP contribution in [0.2, 0.25) is 0 Å². The number of carbonyl (C=O) groups excluding carboxylic acids is 1. The molecule has 0 aliphatic carbocycles. The van der Waals surface area contributed by atoms with Crippen molar-refractivity contribution < 1.29 is 18.7 Å². The molecule has 7 heteroatoms. The second kappa shape index (κ2) is 6.15. The Bertz CT molecular complexity index is 833. The number of aromatic nitrogens is 2. The van der Waals surface area contributed by atoms with Gasteiger partial charge in [0.2, 0.25) is 0 Å². The van der Waals surface area contributed by atoms with E-state index in [1.807, 2.05) is 13.8 Å². The highest BCUT2D eigenvalue weighted by Gasteiger charge is 2.34. The third kappa shape index (κ3) is 2.59. The van der Waals surface area contributed by atoms with Crippen LogP contribution in [-0.4, -0.2) is 34.2 Å². The topological polar surface area (TPSA) is 67.5 Å². The number of carbonyl (C=O) groups is 1. The summed E-state index contributed by atoms with van der Waals surface area (Å²) in [6, 6.07) is 2.70. The maximum atomic E-state index is 14.0. The van der Waals surface area contributed by atoms with Crippen molar-refractivity contribution in [1.29, 1.82) is 0 Å². The summed E-state index contributed by atoms with van der Waals surface area (Å²) in [5.74, 6) is 0.203. The molecule has 1 unspecified atom stereocenters. The van der Waals surface area contributed by atoms with Gasteiger partial charge < -0.3 is 14.4 Å². The SMILES string of the molecule is CCN(C(=O)c1n[nH]c2c1COC2)C1CCOc2c(C)cc(F)cc21. The van der Waals surface area contributed by atoms with Crippen molar-refractivity contribution in [3.63, 3.8) is 0 Å². The number of aromatic amines is 1. The van der Waals surface area contributed by atoms with Gasteiger partial charge >= 0.3 is 0 Å². The highest BCUT2D eigenvalue weighted by Crippen LogP contribution is 2.39. The van der Waals surface area contributed by atoms with Gasteiger partial charge in [0, 0.05) is 24.1 Å². The van der Waals surface area contributed by atoms with Crippen LogP contribution in [0.1, 0.15) is 52.3 Å². The van der Waals surface area contributed by atoms with E-state index in [-0.39, 0.29) is 17.8 Å². The smallest absolute Gasteiger partial charge is 0.275 e. The molecule has 1 aromatic carbocycles. The van der Waals surface area contributed by atoms with Gasteiger partial charge in [0.25, 0.3) is 5.91 Å².